The van der Waals surface area contributed by atoms with Crippen LogP contribution < -0.4 is 5.32 Å². The number of para-hydroxylation sites is 1. The van der Waals surface area contributed by atoms with Crippen LogP contribution in [0, 0.1) is 0 Å². The molecule has 0 spiro atoms. The summed E-state index contributed by atoms with van der Waals surface area (Å²) in [6.07, 6.45) is 0.882. The molecule has 1 aliphatic heterocycles. The van der Waals surface area contributed by atoms with E-state index in [4.69, 9.17) is 0 Å². The Kier molecular flexibility index (Phi) is 6.63. The smallest absolute Gasteiger partial charge is 0.253 e. The molecule has 0 radical (unpaired) electrons. The van der Waals surface area contributed by atoms with Crippen molar-refractivity contribution in [2.75, 3.05) is 38.0 Å². The Balaban J connectivity index is 1.50. The number of nitrogens with zero attached hydrogens (tertiary/aromatic N) is 2. The molecule has 0 saturated carbocycles. The number of anilines is 1. The first kappa shape index (κ1) is 19.6. The fraction of sp³-hybridized carbons (Fsp3) is 0.333. The van der Waals surface area contributed by atoms with E-state index in [1.54, 1.807) is 0 Å². The van der Waals surface area contributed by atoms with E-state index < -0.39 is 0 Å². The van der Waals surface area contributed by atoms with Crippen LogP contribution >= 0.6 is 15.9 Å². The molecule has 1 N–H and O–H groups in total. The molecule has 6 heteroatoms. The van der Waals surface area contributed by atoms with Gasteiger partial charge in [0.15, 0.2) is 0 Å². The van der Waals surface area contributed by atoms with Crippen molar-refractivity contribution in [3.8, 4) is 0 Å². The highest BCUT2D eigenvalue weighted by Crippen LogP contribution is 2.16. The molecule has 0 atom stereocenters. The van der Waals surface area contributed by atoms with Crippen LogP contribution in [0.3, 0.4) is 0 Å². The quantitative estimate of drug-likeness (QED) is 0.791. The number of nitrogens with one attached hydrogen (secondary N) is 1. The molecule has 1 fully saturated rings. The van der Waals surface area contributed by atoms with Crippen LogP contribution in [0.5, 0.6) is 0 Å². The number of carbonyl (C=O) groups is 2. The molecule has 27 heavy (non-hydrogen) atoms. The number of amides is 2. The van der Waals surface area contributed by atoms with Crippen LogP contribution in [0.4, 0.5) is 5.69 Å². The summed E-state index contributed by atoms with van der Waals surface area (Å²) < 4.78 is 0.899. The van der Waals surface area contributed by atoms with Gasteiger partial charge in [-0.05, 0) is 36.2 Å². The second-order valence-electron chi connectivity index (χ2n) is 6.64. The molecule has 142 valence electrons. The highest BCUT2D eigenvalue weighted by atomic mass is 79.9. The van der Waals surface area contributed by atoms with Gasteiger partial charge in [-0.3, -0.25) is 14.5 Å². The first-order chi connectivity index (χ1) is 13.1. The van der Waals surface area contributed by atoms with E-state index in [2.05, 4.69) is 33.1 Å². The minimum absolute atomic E-state index is 0.0114. The average Bonchev–Trinajstić information content (AvgIpc) is 2.68. The maximum atomic E-state index is 12.6. The predicted molar refractivity (Wildman–Crippen MR) is 111 cm³/mol. The summed E-state index contributed by atoms with van der Waals surface area (Å²) in [6, 6.07) is 15.3. The monoisotopic (exact) mass is 429 g/mol. The number of hydrogen-bond acceptors (Lipinski definition) is 3. The first-order valence-corrected chi connectivity index (χ1v) is 10.0. The van der Waals surface area contributed by atoms with Gasteiger partial charge < -0.3 is 10.2 Å². The van der Waals surface area contributed by atoms with E-state index in [0.29, 0.717) is 38.3 Å². The van der Waals surface area contributed by atoms with E-state index in [-0.39, 0.29) is 11.8 Å². The normalized spacial score (nSPS) is 14.8. The Labute approximate surface area is 168 Å². The molecule has 3 rings (SSSR count). The number of carbonyl (C=O) groups excluding carboxylic acids is 2. The van der Waals surface area contributed by atoms with Crippen LogP contribution in [0.1, 0.15) is 22.8 Å². The van der Waals surface area contributed by atoms with Crippen molar-refractivity contribution in [2.24, 2.45) is 0 Å². The fourth-order valence-electron chi connectivity index (χ4n) is 3.26. The average molecular weight is 430 g/mol. The van der Waals surface area contributed by atoms with Gasteiger partial charge in [-0.25, -0.2) is 0 Å². The fourth-order valence-corrected chi connectivity index (χ4v) is 3.66. The zero-order chi connectivity index (χ0) is 19.2. The zero-order valence-electron chi connectivity index (χ0n) is 15.5. The molecule has 1 aliphatic rings. The SMILES string of the molecule is CCc1ccccc1NC(=O)CN1CCN(C(=O)c2cccc(Br)c2)CC1. The summed E-state index contributed by atoms with van der Waals surface area (Å²) >= 11 is 3.41. The minimum Gasteiger partial charge on any atom is -0.336 e. The first-order valence-electron chi connectivity index (χ1n) is 9.21. The second-order valence-corrected chi connectivity index (χ2v) is 7.55. The largest absolute Gasteiger partial charge is 0.336 e. The second kappa shape index (κ2) is 9.15. The Hall–Kier alpha value is -2.18. The molecule has 2 amide bonds. The number of aryl methyl sites for hydroxylation is 1. The molecule has 1 saturated heterocycles. The van der Waals surface area contributed by atoms with Gasteiger partial charge in [0.05, 0.1) is 6.54 Å². The van der Waals surface area contributed by atoms with Crippen molar-refractivity contribution in [2.45, 2.75) is 13.3 Å². The van der Waals surface area contributed by atoms with Gasteiger partial charge in [0.25, 0.3) is 5.91 Å². The van der Waals surface area contributed by atoms with E-state index >= 15 is 0 Å². The summed E-state index contributed by atoms with van der Waals surface area (Å²) in [4.78, 5) is 28.9. The number of hydrogen-bond donors (Lipinski definition) is 1. The van der Waals surface area contributed by atoms with Gasteiger partial charge in [-0.15, -0.1) is 0 Å². The molecule has 0 bridgehead atoms. The van der Waals surface area contributed by atoms with Crippen LogP contribution in [-0.2, 0) is 11.2 Å². The minimum atomic E-state index is -0.0114. The van der Waals surface area contributed by atoms with Gasteiger partial charge >= 0.3 is 0 Å². The number of piperazine rings is 1. The lowest BCUT2D eigenvalue weighted by Crippen LogP contribution is -2.50. The Bertz CT molecular complexity index is 817. The van der Waals surface area contributed by atoms with Gasteiger partial charge in [-0.2, -0.15) is 0 Å². The topological polar surface area (TPSA) is 52.7 Å². The molecule has 0 aromatic heterocycles. The van der Waals surface area contributed by atoms with Crippen molar-refractivity contribution < 1.29 is 9.59 Å². The molecule has 2 aromatic rings. The Morgan fingerprint density at radius 2 is 1.78 bits per heavy atom. The predicted octanol–water partition coefficient (Wildman–Crippen LogP) is 3.41. The molecule has 2 aromatic carbocycles. The lowest BCUT2D eigenvalue weighted by molar-refractivity contribution is -0.117. The van der Waals surface area contributed by atoms with Crippen molar-refractivity contribution in [3.63, 3.8) is 0 Å². The summed E-state index contributed by atoms with van der Waals surface area (Å²) in [5, 5.41) is 3.01. The summed E-state index contributed by atoms with van der Waals surface area (Å²) in [5.41, 5.74) is 2.70. The van der Waals surface area contributed by atoms with Crippen LogP contribution in [-0.4, -0.2) is 54.3 Å². The van der Waals surface area contributed by atoms with Gasteiger partial charge in [0.2, 0.25) is 5.91 Å². The summed E-state index contributed by atoms with van der Waals surface area (Å²) in [7, 11) is 0. The van der Waals surface area contributed by atoms with Crippen molar-refractivity contribution in [3.05, 3.63) is 64.1 Å². The van der Waals surface area contributed by atoms with E-state index in [0.717, 1.165) is 22.1 Å². The molecular weight excluding hydrogens is 406 g/mol. The third-order valence-electron chi connectivity index (χ3n) is 4.77. The molecule has 0 aliphatic carbocycles. The molecular formula is C21H24BrN3O2. The zero-order valence-corrected chi connectivity index (χ0v) is 17.0. The molecule has 1 heterocycles. The standard InChI is InChI=1S/C21H24BrN3O2/c1-2-16-6-3-4-9-19(16)23-20(26)15-24-10-12-25(13-11-24)21(27)17-7-5-8-18(22)14-17/h3-9,14H,2,10-13,15H2,1H3,(H,23,26). The highest BCUT2D eigenvalue weighted by molar-refractivity contribution is 9.10. The van der Waals surface area contributed by atoms with E-state index in [9.17, 15) is 9.59 Å². The number of benzene rings is 2. The maximum Gasteiger partial charge on any atom is 0.253 e. The third kappa shape index (κ3) is 5.17. The summed E-state index contributed by atoms with van der Waals surface area (Å²) in [6.45, 7) is 5.07. The Morgan fingerprint density at radius 1 is 1.04 bits per heavy atom. The van der Waals surface area contributed by atoms with Gasteiger partial charge in [0, 0.05) is 41.9 Å². The van der Waals surface area contributed by atoms with Gasteiger partial charge in [0.1, 0.15) is 0 Å². The van der Waals surface area contributed by atoms with Gasteiger partial charge in [-0.1, -0.05) is 47.1 Å². The summed E-state index contributed by atoms with van der Waals surface area (Å²) in [5.74, 6) is 0.0277. The van der Waals surface area contributed by atoms with E-state index in [1.807, 2.05) is 53.4 Å². The third-order valence-corrected chi connectivity index (χ3v) is 5.26. The Morgan fingerprint density at radius 3 is 2.48 bits per heavy atom. The number of rotatable bonds is 5. The lowest BCUT2D eigenvalue weighted by atomic mass is 10.1. The van der Waals surface area contributed by atoms with Crippen LogP contribution in [0.25, 0.3) is 0 Å². The van der Waals surface area contributed by atoms with Crippen molar-refractivity contribution in [1.29, 1.82) is 0 Å². The molecule has 0 unspecified atom stereocenters. The highest BCUT2D eigenvalue weighted by Gasteiger charge is 2.23. The lowest BCUT2D eigenvalue weighted by Gasteiger charge is -2.34. The number of halogens is 1. The van der Waals surface area contributed by atoms with Crippen molar-refractivity contribution >= 4 is 33.4 Å². The van der Waals surface area contributed by atoms with E-state index in [1.165, 1.54) is 0 Å². The maximum absolute atomic E-state index is 12.6. The van der Waals surface area contributed by atoms with Crippen LogP contribution in [0.15, 0.2) is 53.0 Å². The molecule has 5 nitrogen and oxygen atoms in total. The van der Waals surface area contributed by atoms with Crippen LogP contribution in [0.2, 0.25) is 0 Å². The van der Waals surface area contributed by atoms with Crippen molar-refractivity contribution in [1.82, 2.24) is 9.80 Å².